The third-order valence-corrected chi connectivity index (χ3v) is 3.11. The second kappa shape index (κ2) is 7.70. The average molecular weight is 207 g/mol. The van der Waals surface area contributed by atoms with Crippen molar-refractivity contribution in [3.8, 4) is 0 Å². The maximum atomic E-state index is 3.80. The molecule has 0 aromatic carbocycles. The van der Waals surface area contributed by atoms with Gasteiger partial charge < -0.3 is 5.32 Å². The molecule has 15 heavy (non-hydrogen) atoms. The van der Waals surface area contributed by atoms with Crippen molar-refractivity contribution in [2.45, 2.75) is 57.9 Å². The fourth-order valence-corrected chi connectivity index (χ4v) is 2.29. The summed E-state index contributed by atoms with van der Waals surface area (Å²) in [6.45, 7) is 7.07. The molecule has 0 fully saturated rings. The molecule has 1 atom stereocenters. The molecule has 1 aliphatic rings. The van der Waals surface area contributed by atoms with Gasteiger partial charge in [-0.15, -0.1) is 6.58 Å². The van der Waals surface area contributed by atoms with Gasteiger partial charge in [-0.2, -0.15) is 0 Å². The van der Waals surface area contributed by atoms with Crippen molar-refractivity contribution in [2.24, 2.45) is 0 Å². The highest BCUT2D eigenvalue weighted by atomic mass is 14.9. The zero-order valence-electron chi connectivity index (χ0n) is 10.1. The predicted molar refractivity (Wildman–Crippen MR) is 68.1 cm³/mol. The van der Waals surface area contributed by atoms with E-state index in [1.807, 2.05) is 6.08 Å². The standard InChI is InChI=1S/C14H25N/c1-3-5-11-14(15-4-2)12-13-9-7-6-8-10-13/h3,9,14-15H,1,4-8,10-12H2,2H3. The van der Waals surface area contributed by atoms with E-state index in [1.54, 1.807) is 5.57 Å². The van der Waals surface area contributed by atoms with E-state index in [4.69, 9.17) is 0 Å². The molecule has 0 aromatic heterocycles. The summed E-state index contributed by atoms with van der Waals surface area (Å²) < 4.78 is 0. The van der Waals surface area contributed by atoms with E-state index in [0.29, 0.717) is 6.04 Å². The molecule has 0 amide bonds. The van der Waals surface area contributed by atoms with Crippen LogP contribution in [0.1, 0.15) is 51.9 Å². The van der Waals surface area contributed by atoms with Gasteiger partial charge in [0.2, 0.25) is 0 Å². The molecule has 0 radical (unpaired) electrons. The minimum absolute atomic E-state index is 0.664. The minimum Gasteiger partial charge on any atom is -0.314 e. The minimum atomic E-state index is 0.664. The zero-order chi connectivity index (χ0) is 10.9. The van der Waals surface area contributed by atoms with Crippen LogP contribution in [0.4, 0.5) is 0 Å². The second-order valence-corrected chi connectivity index (χ2v) is 4.43. The Morgan fingerprint density at radius 3 is 3.00 bits per heavy atom. The van der Waals surface area contributed by atoms with Crippen LogP contribution in [0.15, 0.2) is 24.3 Å². The molecule has 1 nitrogen and oxygen atoms in total. The predicted octanol–water partition coefficient (Wildman–Crippen LogP) is 3.82. The van der Waals surface area contributed by atoms with Gasteiger partial charge in [-0.05, 0) is 51.5 Å². The molecule has 1 unspecified atom stereocenters. The zero-order valence-corrected chi connectivity index (χ0v) is 10.1. The second-order valence-electron chi connectivity index (χ2n) is 4.43. The molecular weight excluding hydrogens is 182 g/mol. The lowest BCUT2D eigenvalue weighted by molar-refractivity contribution is 0.481. The van der Waals surface area contributed by atoms with Crippen molar-refractivity contribution < 1.29 is 0 Å². The van der Waals surface area contributed by atoms with Crippen LogP contribution in [0.25, 0.3) is 0 Å². The number of hydrogen-bond donors (Lipinski definition) is 1. The van der Waals surface area contributed by atoms with Gasteiger partial charge >= 0.3 is 0 Å². The Morgan fingerprint density at radius 2 is 2.40 bits per heavy atom. The molecule has 0 saturated heterocycles. The van der Waals surface area contributed by atoms with E-state index in [9.17, 15) is 0 Å². The number of allylic oxidation sites excluding steroid dienone is 2. The van der Waals surface area contributed by atoms with Crippen LogP contribution in [-0.2, 0) is 0 Å². The van der Waals surface area contributed by atoms with Crippen molar-refractivity contribution in [2.75, 3.05) is 6.54 Å². The topological polar surface area (TPSA) is 12.0 Å². The highest BCUT2D eigenvalue weighted by Gasteiger charge is 2.11. The van der Waals surface area contributed by atoms with E-state index >= 15 is 0 Å². The largest absolute Gasteiger partial charge is 0.314 e. The van der Waals surface area contributed by atoms with Crippen LogP contribution in [0.3, 0.4) is 0 Å². The smallest absolute Gasteiger partial charge is 0.0107 e. The van der Waals surface area contributed by atoms with Crippen molar-refractivity contribution >= 4 is 0 Å². The van der Waals surface area contributed by atoms with Crippen LogP contribution in [0.2, 0.25) is 0 Å². The summed E-state index contributed by atoms with van der Waals surface area (Å²) in [5.74, 6) is 0. The summed E-state index contributed by atoms with van der Waals surface area (Å²) in [5, 5.41) is 3.58. The third kappa shape index (κ3) is 5.17. The fraction of sp³-hybridized carbons (Fsp3) is 0.714. The quantitative estimate of drug-likeness (QED) is 0.626. The Morgan fingerprint density at radius 1 is 1.53 bits per heavy atom. The van der Waals surface area contributed by atoms with Gasteiger partial charge in [0.1, 0.15) is 0 Å². The fourth-order valence-electron chi connectivity index (χ4n) is 2.29. The molecule has 0 aromatic rings. The number of nitrogens with one attached hydrogen (secondary N) is 1. The monoisotopic (exact) mass is 207 g/mol. The van der Waals surface area contributed by atoms with Crippen LogP contribution in [0.5, 0.6) is 0 Å². The molecule has 1 rings (SSSR count). The third-order valence-electron chi connectivity index (χ3n) is 3.11. The van der Waals surface area contributed by atoms with Crippen LogP contribution in [0, 0.1) is 0 Å². The van der Waals surface area contributed by atoms with Crippen molar-refractivity contribution in [1.29, 1.82) is 0 Å². The van der Waals surface area contributed by atoms with Gasteiger partial charge in [-0.25, -0.2) is 0 Å². The van der Waals surface area contributed by atoms with Gasteiger partial charge in [0, 0.05) is 6.04 Å². The Labute approximate surface area is 94.6 Å². The summed E-state index contributed by atoms with van der Waals surface area (Å²) in [5.41, 5.74) is 1.68. The van der Waals surface area contributed by atoms with E-state index in [0.717, 1.165) is 13.0 Å². The van der Waals surface area contributed by atoms with E-state index in [2.05, 4.69) is 24.9 Å². The first-order chi connectivity index (χ1) is 7.36. The Balaban J connectivity index is 2.34. The molecule has 1 aliphatic carbocycles. The van der Waals surface area contributed by atoms with Gasteiger partial charge in [0.15, 0.2) is 0 Å². The van der Waals surface area contributed by atoms with Gasteiger partial charge in [0.25, 0.3) is 0 Å². The normalized spacial score (nSPS) is 18.3. The maximum Gasteiger partial charge on any atom is 0.0107 e. The van der Waals surface area contributed by atoms with Crippen molar-refractivity contribution in [3.05, 3.63) is 24.3 Å². The molecule has 86 valence electrons. The van der Waals surface area contributed by atoms with Gasteiger partial charge in [0.05, 0.1) is 0 Å². The molecule has 0 bridgehead atoms. The Hall–Kier alpha value is -0.560. The van der Waals surface area contributed by atoms with E-state index in [1.165, 1.54) is 38.5 Å². The Kier molecular flexibility index (Phi) is 6.42. The highest BCUT2D eigenvalue weighted by Crippen LogP contribution is 2.22. The summed E-state index contributed by atoms with van der Waals surface area (Å²) in [6.07, 6.45) is 13.5. The van der Waals surface area contributed by atoms with E-state index in [-0.39, 0.29) is 0 Å². The molecular formula is C14H25N. The lowest BCUT2D eigenvalue weighted by Gasteiger charge is -2.21. The summed E-state index contributed by atoms with van der Waals surface area (Å²) >= 11 is 0. The molecule has 0 aliphatic heterocycles. The summed E-state index contributed by atoms with van der Waals surface area (Å²) in [7, 11) is 0. The molecule has 0 saturated carbocycles. The molecule has 1 N–H and O–H groups in total. The van der Waals surface area contributed by atoms with Crippen LogP contribution in [-0.4, -0.2) is 12.6 Å². The molecule has 1 heteroatoms. The van der Waals surface area contributed by atoms with E-state index < -0.39 is 0 Å². The van der Waals surface area contributed by atoms with Gasteiger partial charge in [-0.3, -0.25) is 0 Å². The molecule has 0 spiro atoms. The van der Waals surface area contributed by atoms with Crippen LogP contribution >= 0.6 is 0 Å². The van der Waals surface area contributed by atoms with Crippen LogP contribution < -0.4 is 5.32 Å². The Bertz CT molecular complexity index is 205. The van der Waals surface area contributed by atoms with Crippen molar-refractivity contribution in [3.63, 3.8) is 0 Å². The molecule has 0 heterocycles. The first-order valence-electron chi connectivity index (χ1n) is 6.39. The highest BCUT2D eigenvalue weighted by molar-refractivity contribution is 5.07. The SMILES string of the molecule is C=CCCC(CC1=CCCCC1)NCC. The lowest BCUT2D eigenvalue weighted by Crippen LogP contribution is -2.29. The first-order valence-corrected chi connectivity index (χ1v) is 6.39. The lowest BCUT2D eigenvalue weighted by atomic mass is 9.93. The number of rotatable bonds is 7. The number of hydrogen-bond acceptors (Lipinski definition) is 1. The first kappa shape index (κ1) is 12.5. The van der Waals surface area contributed by atoms with Gasteiger partial charge in [-0.1, -0.05) is 24.6 Å². The van der Waals surface area contributed by atoms with Crippen molar-refractivity contribution in [1.82, 2.24) is 5.32 Å². The summed E-state index contributed by atoms with van der Waals surface area (Å²) in [4.78, 5) is 0. The summed E-state index contributed by atoms with van der Waals surface area (Å²) in [6, 6.07) is 0.664. The maximum absolute atomic E-state index is 3.80. The average Bonchev–Trinajstić information content (AvgIpc) is 2.28.